The van der Waals surface area contributed by atoms with Crippen LogP contribution in [0.4, 0.5) is 4.39 Å². The molecule has 3 heterocycles. The molecule has 0 aliphatic carbocycles. The highest BCUT2D eigenvalue weighted by atomic mass is 19.1. The van der Waals surface area contributed by atoms with Crippen molar-refractivity contribution in [3.63, 3.8) is 0 Å². The number of carbonyl (C=O) groups is 2. The highest BCUT2D eigenvalue weighted by Crippen LogP contribution is 2.41. The summed E-state index contributed by atoms with van der Waals surface area (Å²) in [5, 5.41) is 17.1. The predicted octanol–water partition coefficient (Wildman–Crippen LogP) is 3.78. The van der Waals surface area contributed by atoms with Gasteiger partial charge in [0.15, 0.2) is 29.0 Å². The van der Waals surface area contributed by atoms with E-state index in [4.69, 9.17) is 9.47 Å². The van der Waals surface area contributed by atoms with Gasteiger partial charge in [0.05, 0.1) is 17.9 Å². The van der Waals surface area contributed by atoms with Crippen molar-refractivity contribution >= 4 is 17.5 Å². The van der Waals surface area contributed by atoms with E-state index >= 15 is 4.39 Å². The second-order valence-electron chi connectivity index (χ2n) is 9.58. The number of rotatable bonds is 5. The molecule has 10 heteroatoms. The number of fused-ring (bicyclic) bond motifs is 2. The molecule has 1 aliphatic heterocycles. The molecule has 2 N–H and O–H groups in total. The molecular weight excluding hydrogens is 455 g/mol. The zero-order valence-electron chi connectivity index (χ0n) is 20.7. The number of ether oxygens (including phenoxy) is 2. The predicted molar refractivity (Wildman–Crippen MR) is 126 cm³/mol. The maximum Gasteiger partial charge on any atom is 0.337 e. The number of carboxylic acids is 1. The second-order valence-corrected chi connectivity index (χ2v) is 9.58. The van der Waals surface area contributed by atoms with E-state index in [0.717, 1.165) is 17.5 Å². The fraction of sp³-hybridized carbons (Fsp3) is 0.440. The third-order valence-corrected chi connectivity index (χ3v) is 5.94. The molecule has 0 unspecified atom stereocenters. The number of hydrogen-bond acceptors (Lipinski definition) is 6. The van der Waals surface area contributed by atoms with E-state index in [-0.39, 0.29) is 17.0 Å². The van der Waals surface area contributed by atoms with E-state index in [1.165, 1.54) is 23.7 Å². The Labute approximate surface area is 202 Å². The van der Waals surface area contributed by atoms with Crippen LogP contribution in [0, 0.1) is 19.7 Å². The Kier molecular flexibility index (Phi) is 6.27. The molecule has 0 fully saturated rings. The number of aryl methyl sites for hydroxylation is 1. The molecule has 9 nitrogen and oxygen atoms in total. The molecule has 0 saturated carbocycles. The van der Waals surface area contributed by atoms with Crippen LogP contribution in [0.15, 0.2) is 12.1 Å². The van der Waals surface area contributed by atoms with E-state index in [1.807, 2.05) is 6.92 Å². The SMILES string of the molecule is CNC(=O)c1cc2nc(C)c([C@H](OC(C)(C)C)C(=O)O)c(-c3cc(F)c4c(c3C)CCCO4)n2n1. The normalized spacial score (nSPS) is 14.4. The Hall–Kier alpha value is -3.53. The van der Waals surface area contributed by atoms with Gasteiger partial charge in [-0.2, -0.15) is 5.10 Å². The average Bonchev–Trinajstić information content (AvgIpc) is 3.21. The number of nitrogens with one attached hydrogen (secondary N) is 1. The summed E-state index contributed by atoms with van der Waals surface area (Å²) in [6.07, 6.45) is -0.0518. The van der Waals surface area contributed by atoms with Crippen LogP contribution < -0.4 is 10.1 Å². The minimum Gasteiger partial charge on any atom is -0.490 e. The summed E-state index contributed by atoms with van der Waals surface area (Å²) in [5.74, 6) is -1.98. The Morgan fingerprint density at radius 2 is 2.00 bits per heavy atom. The summed E-state index contributed by atoms with van der Waals surface area (Å²) >= 11 is 0. The van der Waals surface area contributed by atoms with Crippen molar-refractivity contribution in [3.05, 3.63) is 46.0 Å². The smallest absolute Gasteiger partial charge is 0.337 e. The van der Waals surface area contributed by atoms with Crippen LogP contribution in [0.3, 0.4) is 0 Å². The maximum absolute atomic E-state index is 15.3. The van der Waals surface area contributed by atoms with Crippen molar-refractivity contribution in [1.82, 2.24) is 19.9 Å². The van der Waals surface area contributed by atoms with Crippen LogP contribution in [0.2, 0.25) is 0 Å². The first kappa shape index (κ1) is 24.6. The van der Waals surface area contributed by atoms with Gasteiger partial charge in [0.25, 0.3) is 5.91 Å². The summed E-state index contributed by atoms with van der Waals surface area (Å²) in [7, 11) is 1.48. The Morgan fingerprint density at radius 3 is 2.63 bits per heavy atom. The van der Waals surface area contributed by atoms with Gasteiger partial charge < -0.3 is 19.9 Å². The number of halogens is 1. The Balaban J connectivity index is 2.12. The monoisotopic (exact) mass is 484 g/mol. The summed E-state index contributed by atoms with van der Waals surface area (Å²) in [4.78, 5) is 29.3. The van der Waals surface area contributed by atoms with E-state index in [9.17, 15) is 14.7 Å². The number of aromatic nitrogens is 3. The van der Waals surface area contributed by atoms with E-state index < -0.39 is 29.4 Å². The van der Waals surface area contributed by atoms with Gasteiger partial charge in [-0.3, -0.25) is 4.79 Å². The van der Waals surface area contributed by atoms with Gasteiger partial charge in [0, 0.05) is 35.5 Å². The van der Waals surface area contributed by atoms with E-state index in [1.54, 1.807) is 27.7 Å². The molecule has 0 bridgehead atoms. The molecule has 0 spiro atoms. The molecule has 1 amide bonds. The van der Waals surface area contributed by atoms with Crippen LogP contribution in [-0.2, 0) is 16.0 Å². The van der Waals surface area contributed by atoms with Gasteiger partial charge in [0.2, 0.25) is 0 Å². The molecule has 1 aliphatic rings. The lowest BCUT2D eigenvalue weighted by Crippen LogP contribution is -2.29. The molecular formula is C25H29FN4O5. The number of carboxylic acid groups (broad SMARTS) is 1. The van der Waals surface area contributed by atoms with Crippen molar-refractivity contribution < 1.29 is 28.6 Å². The number of amides is 1. The average molecular weight is 485 g/mol. The van der Waals surface area contributed by atoms with E-state index in [2.05, 4.69) is 15.4 Å². The van der Waals surface area contributed by atoms with Gasteiger partial charge >= 0.3 is 5.97 Å². The molecule has 2 aromatic heterocycles. The molecule has 1 aromatic carbocycles. The minimum absolute atomic E-state index is 0.0980. The number of carbonyl (C=O) groups excluding carboxylic acids is 1. The number of hydrogen-bond donors (Lipinski definition) is 2. The van der Waals surface area contributed by atoms with Crippen LogP contribution in [0.25, 0.3) is 16.9 Å². The summed E-state index contributed by atoms with van der Waals surface area (Å²) < 4.78 is 28.2. The number of nitrogens with zero attached hydrogens (tertiary/aromatic N) is 3. The Morgan fingerprint density at radius 1 is 1.29 bits per heavy atom. The molecule has 4 rings (SSSR count). The highest BCUT2D eigenvalue weighted by Gasteiger charge is 2.34. The van der Waals surface area contributed by atoms with Crippen molar-refractivity contribution in [3.8, 4) is 17.0 Å². The topological polar surface area (TPSA) is 115 Å². The largest absolute Gasteiger partial charge is 0.490 e. The zero-order valence-corrected chi connectivity index (χ0v) is 20.7. The standard InChI is InChI=1S/C25H29FN4O5/c1-12-14-8-7-9-34-21(14)16(26)10-15(12)20-19(22(24(32)33)35-25(3,4)5)13(2)28-18-11-17(23(31)27-6)29-30(18)20/h10-11,22H,7-9H2,1-6H3,(H,27,31)(H,32,33)/t22-/m0/s1. The summed E-state index contributed by atoms with van der Waals surface area (Å²) in [5.41, 5.74) is 2.45. The van der Waals surface area contributed by atoms with Crippen LogP contribution in [0.1, 0.15) is 66.2 Å². The second kappa shape index (κ2) is 8.92. The molecule has 35 heavy (non-hydrogen) atoms. The first-order valence-electron chi connectivity index (χ1n) is 11.4. The highest BCUT2D eigenvalue weighted by molar-refractivity contribution is 5.93. The van der Waals surface area contributed by atoms with Gasteiger partial charge in [-0.25, -0.2) is 18.7 Å². The van der Waals surface area contributed by atoms with Crippen molar-refractivity contribution in [2.24, 2.45) is 0 Å². The Bertz CT molecular complexity index is 1340. The van der Waals surface area contributed by atoms with Crippen molar-refractivity contribution in [1.29, 1.82) is 0 Å². The van der Waals surface area contributed by atoms with Crippen LogP contribution in [0.5, 0.6) is 5.75 Å². The van der Waals surface area contributed by atoms with Crippen molar-refractivity contribution in [2.45, 2.75) is 59.2 Å². The molecule has 3 aromatic rings. The van der Waals surface area contributed by atoms with Gasteiger partial charge in [0.1, 0.15) is 0 Å². The molecule has 186 valence electrons. The minimum atomic E-state index is -1.41. The van der Waals surface area contributed by atoms with Gasteiger partial charge in [-0.1, -0.05) is 0 Å². The fourth-order valence-corrected chi connectivity index (χ4v) is 4.44. The van der Waals surface area contributed by atoms with Crippen LogP contribution >= 0.6 is 0 Å². The molecule has 0 radical (unpaired) electrons. The van der Waals surface area contributed by atoms with Gasteiger partial charge in [-0.05, 0) is 59.1 Å². The quantitative estimate of drug-likeness (QED) is 0.566. The lowest BCUT2D eigenvalue weighted by Gasteiger charge is -2.28. The zero-order chi connectivity index (χ0) is 25.7. The van der Waals surface area contributed by atoms with Crippen LogP contribution in [-0.4, -0.2) is 50.8 Å². The lowest BCUT2D eigenvalue weighted by atomic mass is 9.91. The van der Waals surface area contributed by atoms with Crippen molar-refractivity contribution in [2.75, 3.05) is 13.7 Å². The first-order valence-corrected chi connectivity index (χ1v) is 11.4. The molecule has 1 atom stereocenters. The third-order valence-electron chi connectivity index (χ3n) is 5.94. The fourth-order valence-electron chi connectivity index (χ4n) is 4.44. The summed E-state index contributed by atoms with van der Waals surface area (Å²) in [6.45, 7) is 9.20. The van der Waals surface area contributed by atoms with Gasteiger partial charge in [-0.15, -0.1) is 0 Å². The number of aliphatic carboxylic acids is 1. The first-order chi connectivity index (χ1) is 16.4. The third kappa shape index (κ3) is 4.45. The molecule has 0 saturated heterocycles. The van der Waals surface area contributed by atoms with E-state index in [0.29, 0.717) is 35.6 Å². The maximum atomic E-state index is 15.3. The number of benzene rings is 1. The lowest BCUT2D eigenvalue weighted by molar-refractivity contribution is -0.160. The summed E-state index contributed by atoms with van der Waals surface area (Å²) in [6, 6.07) is 2.83.